The number of rotatable bonds is 4. The summed E-state index contributed by atoms with van der Waals surface area (Å²) in [5, 5.41) is 22.2. The Hall–Kier alpha value is -2.51. The molecule has 8 heteroatoms. The molecule has 0 radical (unpaired) electrons. The van der Waals surface area contributed by atoms with Crippen LogP contribution in [-0.4, -0.2) is 21.9 Å². The Morgan fingerprint density at radius 3 is 2.41 bits per heavy atom. The molecule has 0 amide bonds. The number of non-ortho nitro benzene ring substituents is 2. The van der Waals surface area contributed by atoms with Crippen LogP contribution in [-0.2, 0) is 4.74 Å². The zero-order valence-electron chi connectivity index (χ0n) is 14.4. The Kier molecular flexibility index (Phi) is 2.68. The predicted molar refractivity (Wildman–Crippen MR) is 90.8 cm³/mol. The first-order valence-electron chi connectivity index (χ1n) is 9.58. The van der Waals surface area contributed by atoms with E-state index in [9.17, 15) is 25.0 Å². The molecule has 6 bridgehead atoms. The van der Waals surface area contributed by atoms with E-state index in [1.54, 1.807) is 0 Å². The maximum absolute atomic E-state index is 12.8. The van der Waals surface area contributed by atoms with Crippen LogP contribution in [0.2, 0.25) is 0 Å². The molecule has 0 N–H and O–H groups in total. The van der Waals surface area contributed by atoms with Crippen LogP contribution in [0, 0.1) is 61.2 Å². The van der Waals surface area contributed by atoms with Crippen LogP contribution in [0.1, 0.15) is 36.0 Å². The summed E-state index contributed by atoms with van der Waals surface area (Å²) >= 11 is 0. The largest absolute Gasteiger partial charge is 0.458 e. The number of hydrogen-bond acceptors (Lipinski definition) is 6. The SMILES string of the molecule is O=C(O[C@H]1[C@@H]2[C@H]3[C@H]4C[C@@H]2[C@]2(CCC[C@H]12)[C@H]43)c1cc([N+](=O)[O-])cc([N+](=O)[O-])c1. The van der Waals surface area contributed by atoms with E-state index in [1.165, 1.54) is 19.3 Å². The topological polar surface area (TPSA) is 113 Å². The molecule has 1 aromatic carbocycles. The van der Waals surface area contributed by atoms with Crippen LogP contribution < -0.4 is 0 Å². The van der Waals surface area contributed by atoms with Crippen molar-refractivity contribution in [2.24, 2.45) is 40.9 Å². The third-order valence-corrected chi connectivity index (χ3v) is 8.37. The maximum Gasteiger partial charge on any atom is 0.338 e. The lowest BCUT2D eigenvalue weighted by molar-refractivity contribution is -0.394. The van der Waals surface area contributed by atoms with Gasteiger partial charge >= 0.3 is 5.97 Å². The molecule has 1 spiro atoms. The molecule has 7 rings (SSSR count). The Labute approximate surface area is 154 Å². The van der Waals surface area contributed by atoms with Crippen LogP contribution in [0.25, 0.3) is 0 Å². The van der Waals surface area contributed by atoms with E-state index >= 15 is 0 Å². The summed E-state index contributed by atoms with van der Waals surface area (Å²) in [7, 11) is 0. The summed E-state index contributed by atoms with van der Waals surface area (Å²) < 4.78 is 5.92. The number of esters is 1. The van der Waals surface area contributed by atoms with Gasteiger partial charge in [-0.05, 0) is 48.3 Å². The average molecular weight is 370 g/mol. The average Bonchev–Trinajstić information content (AvgIpc) is 3.06. The van der Waals surface area contributed by atoms with E-state index < -0.39 is 27.2 Å². The normalized spacial score (nSPS) is 44.2. The molecule has 6 aliphatic rings. The van der Waals surface area contributed by atoms with Gasteiger partial charge in [0, 0.05) is 24.0 Å². The van der Waals surface area contributed by atoms with E-state index in [0.29, 0.717) is 29.1 Å². The van der Waals surface area contributed by atoms with Gasteiger partial charge in [-0.3, -0.25) is 20.2 Å². The van der Waals surface area contributed by atoms with Crippen LogP contribution in [0.3, 0.4) is 0 Å². The molecular formula is C19H18N2O6. The van der Waals surface area contributed by atoms with Crippen LogP contribution in [0.15, 0.2) is 18.2 Å². The van der Waals surface area contributed by atoms with Crippen LogP contribution in [0.5, 0.6) is 0 Å². The maximum atomic E-state index is 12.8. The first-order chi connectivity index (χ1) is 12.9. The number of nitro benzene ring substituents is 2. The second kappa shape index (κ2) is 4.66. The number of nitro groups is 2. The lowest BCUT2D eigenvalue weighted by Crippen LogP contribution is -2.36. The third-order valence-electron chi connectivity index (χ3n) is 8.37. The molecule has 0 unspecified atom stereocenters. The molecule has 8 nitrogen and oxygen atoms in total. The zero-order valence-corrected chi connectivity index (χ0v) is 14.4. The molecular weight excluding hydrogens is 352 g/mol. The molecule has 8 atom stereocenters. The van der Waals surface area contributed by atoms with Gasteiger partial charge in [0.1, 0.15) is 6.10 Å². The van der Waals surface area contributed by atoms with Gasteiger partial charge in [0.2, 0.25) is 0 Å². The highest BCUT2D eigenvalue weighted by atomic mass is 16.6. The second-order valence-electron chi connectivity index (χ2n) is 8.92. The van der Waals surface area contributed by atoms with Gasteiger partial charge in [0.25, 0.3) is 11.4 Å². The highest BCUT2D eigenvalue weighted by Crippen LogP contribution is 2.90. The first kappa shape index (κ1) is 15.5. The fraction of sp³-hybridized carbons (Fsp3) is 0.632. The number of ether oxygens (including phenoxy) is 1. The highest BCUT2D eigenvalue weighted by Gasteiger charge is 2.87. The van der Waals surface area contributed by atoms with Crippen molar-refractivity contribution in [1.82, 2.24) is 0 Å². The van der Waals surface area contributed by atoms with Crippen molar-refractivity contribution < 1.29 is 19.4 Å². The summed E-state index contributed by atoms with van der Waals surface area (Å²) in [6, 6.07) is 3.02. The zero-order chi connectivity index (χ0) is 18.7. The quantitative estimate of drug-likeness (QED) is 0.456. The van der Waals surface area contributed by atoms with Crippen molar-refractivity contribution in [3.8, 4) is 0 Å². The summed E-state index contributed by atoms with van der Waals surface area (Å²) in [5.74, 6) is 3.19. The monoisotopic (exact) mass is 370 g/mol. The molecule has 6 saturated carbocycles. The molecule has 0 heterocycles. The van der Waals surface area contributed by atoms with Crippen LogP contribution >= 0.6 is 0 Å². The Morgan fingerprint density at radius 2 is 1.78 bits per heavy atom. The first-order valence-corrected chi connectivity index (χ1v) is 9.58. The number of benzene rings is 1. The minimum absolute atomic E-state index is 0.106. The molecule has 27 heavy (non-hydrogen) atoms. The van der Waals surface area contributed by atoms with Crippen molar-refractivity contribution in [2.45, 2.75) is 31.8 Å². The minimum Gasteiger partial charge on any atom is -0.458 e. The van der Waals surface area contributed by atoms with Gasteiger partial charge < -0.3 is 4.74 Å². The molecule has 0 aliphatic heterocycles. The van der Waals surface area contributed by atoms with Gasteiger partial charge in [0.15, 0.2) is 0 Å². The number of nitrogens with zero attached hydrogens (tertiary/aromatic N) is 2. The molecule has 0 aromatic heterocycles. The number of hydrogen-bond donors (Lipinski definition) is 0. The summed E-state index contributed by atoms with van der Waals surface area (Å²) in [6.07, 6.45) is 4.65. The van der Waals surface area contributed by atoms with Crippen molar-refractivity contribution in [1.29, 1.82) is 0 Å². The van der Waals surface area contributed by atoms with Gasteiger partial charge in [-0.15, -0.1) is 0 Å². The van der Waals surface area contributed by atoms with E-state index in [-0.39, 0.29) is 11.7 Å². The smallest absolute Gasteiger partial charge is 0.338 e. The van der Waals surface area contributed by atoms with Crippen molar-refractivity contribution in [2.75, 3.05) is 0 Å². The Balaban J connectivity index is 1.32. The fourth-order valence-corrected chi connectivity index (χ4v) is 7.95. The van der Waals surface area contributed by atoms with Gasteiger partial charge in [-0.1, -0.05) is 6.42 Å². The van der Waals surface area contributed by atoms with Crippen molar-refractivity contribution in [3.05, 3.63) is 44.0 Å². The second-order valence-corrected chi connectivity index (χ2v) is 8.92. The molecule has 1 aromatic rings. The molecule has 6 aliphatic carbocycles. The summed E-state index contributed by atoms with van der Waals surface area (Å²) in [6.45, 7) is 0. The lowest BCUT2D eigenvalue weighted by atomic mass is 9.73. The number of carbonyl (C=O) groups is 1. The lowest BCUT2D eigenvalue weighted by Gasteiger charge is -2.33. The third kappa shape index (κ3) is 1.67. The van der Waals surface area contributed by atoms with E-state index in [1.807, 2.05) is 0 Å². The summed E-state index contributed by atoms with van der Waals surface area (Å²) in [5.41, 5.74) is -0.665. The standard InChI is InChI=1S/C19H18N2O6/c22-18(8-4-9(20(23)24)6-10(5-8)21(25)26)27-17-12-2-1-3-19(12)13-7-11-14(15(13)17)16(11)19/h4-6,11-17H,1-3,7H2/t11-,12-,13+,14-,15+,16-,17-,19-/m1/s1. The van der Waals surface area contributed by atoms with Gasteiger partial charge in [-0.25, -0.2) is 4.79 Å². The number of carbonyl (C=O) groups excluding carboxylic acids is 1. The fourth-order valence-electron chi connectivity index (χ4n) is 7.95. The summed E-state index contributed by atoms with van der Waals surface area (Å²) in [4.78, 5) is 33.5. The van der Waals surface area contributed by atoms with Crippen molar-refractivity contribution >= 4 is 17.3 Å². The van der Waals surface area contributed by atoms with Gasteiger partial charge in [-0.2, -0.15) is 0 Å². The minimum atomic E-state index is -0.725. The van der Waals surface area contributed by atoms with E-state index in [2.05, 4.69) is 0 Å². The van der Waals surface area contributed by atoms with Gasteiger partial charge in [0.05, 0.1) is 21.5 Å². The van der Waals surface area contributed by atoms with E-state index in [4.69, 9.17) is 4.74 Å². The van der Waals surface area contributed by atoms with Crippen molar-refractivity contribution in [3.63, 3.8) is 0 Å². The van der Waals surface area contributed by atoms with E-state index in [0.717, 1.165) is 36.5 Å². The predicted octanol–water partition coefficient (Wildman–Crippen LogP) is 3.34. The van der Waals surface area contributed by atoms with Crippen LogP contribution in [0.4, 0.5) is 11.4 Å². The highest BCUT2D eigenvalue weighted by molar-refractivity contribution is 5.91. The molecule has 140 valence electrons. The Bertz CT molecular complexity index is 899. The Morgan fingerprint density at radius 1 is 1.07 bits per heavy atom. The molecule has 0 saturated heterocycles. The molecule has 6 fully saturated rings.